The van der Waals surface area contributed by atoms with Gasteiger partial charge in [0, 0.05) is 12.6 Å². The minimum absolute atomic E-state index is 0.101. The van der Waals surface area contributed by atoms with Crippen LogP contribution < -0.4 is 10.1 Å². The molecule has 2 aliphatic rings. The van der Waals surface area contributed by atoms with E-state index in [0.717, 1.165) is 13.0 Å². The topological polar surface area (TPSA) is 91.3 Å². The Morgan fingerprint density at radius 2 is 2.10 bits per heavy atom. The molecule has 0 bridgehead atoms. The fourth-order valence-electron chi connectivity index (χ4n) is 3.72. The zero-order chi connectivity index (χ0) is 20.8. The number of benzene rings is 1. The molecule has 1 aromatic rings. The van der Waals surface area contributed by atoms with Gasteiger partial charge in [-0.15, -0.1) is 0 Å². The Hall–Kier alpha value is -2.58. The fraction of sp³-hybridized carbons (Fsp3) is 0.524. The molecule has 29 heavy (non-hydrogen) atoms. The number of esters is 1. The van der Waals surface area contributed by atoms with Gasteiger partial charge >= 0.3 is 5.97 Å². The molecule has 1 amide bonds. The lowest BCUT2D eigenvalue weighted by molar-refractivity contribution is -0.136. The highest BCUT2D eigenvalue weighted by Gasteiger charge is 2.34. The summed E-state index contributed by atoms with van der Waals surface area (Å²) in [5.41, 5.74) is 1.02. The molecule has 1 fully saturated rings. The van der Waals surface area contributed by atoms with Crippen molar-refractivity contribution in [3.8, 4) is 5.75 Å². The molecule has 1 aromatic carbocycles. The van der Waals surface area contributed by atoms with Crippen LogP contribution in [0.4, 0.5) is 5.69 Å². The van der Waals surface area contributed by atoms with Gasteiger partial charge in [-0.1, -0.05) is 18.6 Å². The number of likely N-dealkylation sites (tertiary alicyclic amines) is 1. The van der Waals surface area contributed by atoms with Crippen molar-refractivity contribution in [1.29, 1.82) is 0 Å². The van der Waals surface area contributed by atoms with E-state index in [1.54, 1.807) is 0 Å². The number of nitrogens with zero attached hydrogens (tertiary/aromatic N) is 2. The van der Waals surface area contributed by atoms with E-state index in [2.05, 4.69) is 17.3 Å². The number of methoxy groups -OCH3 is 1. The Morgan fingerprint density at radius 1 is 1.31 bits per heavy atom. The van der Waals surface area contributed by atoms with Crippen molar-refractivity contribution in [3.63, 3.8) is 0 Å². The molecule has 0 radical (unpaired) electrons. The number of hydrogen-bond acceptors (Lipinski definition) is 7. The summed E-state index contributed by atoms with van der Waals surface area (Å²) in [5, 5.41) is 12.3. The zero-order valence-corrected chi connectivity index (χ0v) is 17.0. The second-order valence-electron chi connectivity index (χ2n) is 7.36. The van der Waals surface area contributed by atoms with E-state index >= 15 is 0 Å². The first kappa shape index (κ1) is 21.1. The minimum Gasteiger partial charge on any atom is -0.490 e. The van der Waals surface area contributed by atoms with E-state index in [9.17, 15) is 14.7 Å². The van der Waals surface area contributed by atoms with Crippen LogP contribution in [0.2, 0.25) is 0 Å². The average molecular weight is 403 g/mol. The van der Waals surface area contributed by atoms with Gasteiger partial charge in [-0.2, -0.15) is 0 Å². The molecule has 0 aliphatic carbocycles. The standard InChI is InChI=1S/C21H29N3O5/c1-23-10-6-5-7-15(23)14-29-18-9-4-3-8-17(18)22-19-16(21(27)28-2)13-24(11-12-25)20(19)26/h3-4,8-9,15,22,25H,5-7,10-14H2,1-2H3. The second kappa shape index (κ2) is 9.76. The highest BCUT2D eigenvalue weighted by molar-refractivity contribution is 6.08. The third kappa shape index (κ3) is 4.89. The molecule has 8 heteroatoms. The molecular formula is C21H29N3O5. The largest absolute Gasteiger partial charge is 0.490 e. The predicted molar refractivity (Wildman–Crippen MR) is 109 cm³/mol. The minimum atomic E-state index is -0.566. The quantitative estimate of drug-likeness (QED) is 0.631. The summed E-state index contributed by atoms with van der Waals surface area (Å²) in [5.74, 6) is -0.290. The number of para-hydroxylation sites is 2. The van der Waals surface area contributed by atoms with Crippen LogP contribution in [0.3, 0.4) is 0 Å². The number of β-amino-alcohol motifs (C(OH)–C–C–N with tert-alkyl or cyclic N) is 1. The third-order valence-corrected chi connectivity index (χ3v) is 5.45. The van der Waals surface area contributed by atoms with Gasteiger partial charge in [-0.05, 0) is 38.6 Å². The van der Waals surface area contributed by atoms with Crippen molar-refractivity contribution in [2.75, 3.05) is 52.3 Å². The number of amides is 1. The first-order valence-corrected chi connectivity index (χ1v) is 9.95. The lowest BCUT2D eigenvalue weighted by Crippen LogP contribution is -2.40. The van der Waals surface area contributed by atoms with Crippen molar-refractivity contribution in [2.45, 2.75) is 25.3 Å². The fourth-order valence-corrected chi connectivity index (χ4v) is 3.72. The molecule has 1 saturated heterocycles. The first-order chi connectivity index (χ1) is 14.0. The van der Waals surface area contributed by atoms with E-state index in [-0.39, 0.29) is 36.9 Å². The number of rotatable bonds is 8. The molecule has 158 valence electrons. The maximum Gasteiger partial charge on any atom is 0.337 e. The van der Waals surface area contributed by atoms with Crippen LogP contribution in [0, 0.1) is 0 Å². The van der Waals surface area contributed by atoms with Crippen LogP contribution in [0.25, 0.3) is 0 Å². The van der Waals surface area contributed by atoms with Crippen LogP contribution >= 0.6 is 0 Å². The van der Waals surface area contributed by atoms with Crippen molar-refractivity contribution in [2.24, 2.45) is 0 Å². The van der Waals surface area contributed by atoms with E-state index in [1.165, 1.54) is 24.9 Å². The Kier molecular flexibility index (Phi) is 7.11. The number of carbonyl (C=O) groups excluding carboxylic acids is 2. The number of piperidine rings is 1. The average Bonchev–Trinajstić information content (AvgIpc) is 3.04. The van der Waals surface area contributed by atoms with Crippen LogP contribution in [-0.4, -0.2) is 79.8 Å². The summed E-state index contributed by atoms with van der Waals surface area (Å²) < 4.78 is 10.9. The highest BCUT2D eigenvalue weighted by atomic mass is 16.5. The number of hydrogen-bond donors (Lipinski definition) is 2. The molecule has 1 unspecified atom stereocenters. The summed E-state index contributed by atoms with van der Waals surface area (Å²) in [6, 6.07) is 7.72. The van der Waals surface area contributed by atoms with Crippen LogP contribution in [0.5, 0.6) is 5.75 Å². The Morgan fingerprint density at radius 3 is 2.83 bits per heavy atom. The van der Waals surface area contributed by atoms with Crippen LogP contribution in [0.15, 0.2) is 35.5 Å². The summed E-state index contributed by atoms with van der Waals surface area (Å²) in [7, 11) is 3.39. The van der Waals surface area contributed by atoms with Crippen molar-refractivity contribution in [3.05, 3.63) is 35.5 Å². The zero-order valence-electron chi connectivity index (χ0n) is 17.0. The lowest BCUT2D eigenvalue weighted by Gasteiger charge is -2.32. The smallest absolute Gasteiger partial charge is 0.337 e. The summed E-state index contributed by atoms with van der Waals surface area (Å²) >= 11 is 0. The van der Waals surface area contributed by atoms with E-state index < -0.39 is 5.97 Å². The van der Waals surface area contributed by atoms with E-state index in [0.29, 0.717) is 24.1 Å². The predicted octanol–water partition coefficient (Wildman–Crippen LogP) is 1.22. The molecule has 1 atom stereocenters. The van der Waals surface area contributed by atoms with Gasteiger partial charge in [0.2, 0.25) is 0 Å². The third-order valence-electron chi connectivity index (χ3n) is 5.45. The molecule has 2 heterocycles. The van der Waals surface area contributed by atoms with Crippen LogP contribution in [0.1, 0.15) is 19.3 Å². The van der Waals surface area contributed by atoms with Crippen molar-refractivity contribution in [1.82, 2.24) is 9.80 Å². The second-order valence-corrected chi connectivity index (χ2v) is 7.36. The Balaban J connectivity index is 1.77. The molecule has 8 nitrogen and oxygen atoms in total. The van der Waals surface area contributed by atoms with Gasteiger partial charge in [0.25, 0.3) is 5.91 Å². The molecular weight excluding hydrogens is 374 g/mol. The number of carbonyl (C=O) groups is 2. The van der Waals surface area contributed by atoms with E-state index in [1.807, 2.05) is 24.3 Å². The molecule has 0 saturated carbocycles. The normalized spacial score (nSPS) is 20.2. The summed E-state index contributed by atoms with van der Waals surface area (Å²) in [6.45, 7) is 1.70. The summed E-state index contributed by atoms with van der Waals surface area (Å²) in [6.07, 6.45) is 3.50. The highest BCUT2D eigenvalue weighted by Crippen LogP contribution is 2.29. The number of ether oxygens (including phenoxy) is 2. The Labute approximate surface area is 171 Å². The molecule has 2 N–H and O–H groups in total. The lowest BCUT2D eigenvalue weighted by atomic mass is 10.0. The Bertz CT molecular complexity index is 779. The van der Waals surface area contributed by atoms with Crippen molar-refractivity contribution < 1.29 is 24.2 Å². The van der Waals surface area contributed by atoms with Crippen LogP contribution in [-0.2, 0) is 14.3 Å². The molecule has 0 aromatic heterocycles. The maximum absolute atomic E-state index is 12.7. The van der Waals surface area contributed by atoms with Gasteiger partial charge < -0.3 is 29.7 Å². The number of aliphatic hydroxyl groups is 1. The van der Waals surface area contributed by atoms with Gasteiger partial charge in [-0.3, -0.25) is 4.79 Å². The number of likely N-dealkylation sites (N-methyl/N-ethyl adjacent to an activating group) is 1. The monoisotopic (exact) mass is 403 g/mol. The summed E-state index contributed by atoms with van der Waals surface area (Å²) in [4.78, 5) is 28.6. The van der Waals surface area contributed by atoms with Crippen molar-refractivity contribution >= 4 is 17.6 Å². The first-order valence-electron chi connectivity index (χ1n) is 9.95. The SMILES string of the molecule is COC(=O)C1=C(Nc2ccccc2OCC2CCCCN2C)C(=O)N(CCO)C1. The van der Waals surface area contributed by atoms with E-state index in [4.69, 9.17) is 9.47 Å². The van der Waals surface area contributed by atoms with Gasteiger partial charge in [0.05, 0.1) is 31.5 Å². The number of aliphatic hydroxyl groups excluding tert-OH is 1. The van der Waals surface area contributed by atoms with Gasteiger partial charge in [-0.25, -0.2) is 4.79 Å². The molecule has 2 aliphatic heterocycles. The maximum atomic E-state index is 12.7. The molecule has 3 rings (SSSR count). The van der Waals surface area contributed by atoms with Gasteiger partial charge in [0.1, 0.15) is 18.1 Å². The molecule has 0 spiro atoms. The number of nitrogens with one attached hydrogen (secondary N) is 1. The number of anilines is 1. The van der Waals surface area contributed by atoms with Gasteiger partial charge in [0.15, 0.2) is 0 Å².